The summed E-state index contributed by atoms with van der Waals surface area (Å²) in [5.41, 5.74) is 0.763. The van der Waals surface area contributed by atoms with Gasteiger partial charge in [0.25, 0.3) is 0 Å². The summed E-state index contributed by atoms with van der Waals surface area (Å²) in [5, 5.41) is 11.5. The number of aryl methyl sites for hydroxylation is 1. The lowest BCUT2D eigenvalue weighted by molar-refractivity contribution is -0.0493. The van der Waals surface area contributed by atoms with E-state index in [4.69, 9.17) is 5.11 Å². The summed E-state index contributed by atoms with van der Waals surface area (Å²) in [4.78, 5) is 13.4. The lowest BCUT2D eigenvalue weighted by Gasteiger charge is -2.22. The first-order valence-electron chi connectivity index (χ1n) is 6.31. The maximum absolute atomic E-state index is 12.4. The topological polar surface area (TPSA) is 61.8 Å². The molecule has 1 aromatic rings. The van der Waals surface area contributed by atoms with Gasteiger partial charge in [0.1, 0.15) is 5.75 Å². The summed E-state index contributed by atoms with van der Waals surface area (Å²) in [6.07, 6.45) is 1.50. The number of amides is 2. The monoisotopic (exact) mass is 300 g/mol. The van der Waals surface area contributed by atoms with Crippen LogP contribution in [0.2, 0.25) is 0 Å². The van der Waals surface area contributed by atoms with Gasteiger partial charge in [-0.05, 0) is 18.6 Å². The number of nitrogens with zero attached hydrogens (tertiary/aromatic N) is 1. The Morgan fingerprint density at radius 3 is 2.86 bits per heavy atom. The quantitative estimate of drug-likeness (QED) is 0.761. The normalized spacial score (nSPS) is 10.3. The number of urea groups is 1. The number of hydrogen-bond donors (Lipinski definition) is 2. The standard InChI is InChI=1S/C14H18F2N2O3/c1-3-7-18(8-9-19)14(20)17-12-10(2)5-4-6-11(12)21-13(15)16/h3-6,13,19H,1,7-9H2,2H3,(H,17,20). The van der Waals surface area contributed by atoms with E-state index < -0.39 is 12.6 Å². The smallest absolute Gasteiger partial charge is 0.387 e. The van der Waals surface area contributed by atoms with Gasteiger partial charge in [-0.3, -0.25) is 0 Å². The maximum atomic E-state index is 12.4. The molecule has 0 unspecified atom stereocenters. The maximum Gasteiger partial charge on any atom is 0.387 e. The fraction of sp³-hybridized carbons (Fsp3) is 0.357. The van der Waals surface area contributed by atoms with E-state index in [-0.39, 0.29) is 31.1 Å². The van der Waals surface area contributed by atoms with Gasteiger partial charge in [0.15, 0.2) is 0 Å². The third-order valence-electron chi connectivity index (χ3n) is 2.69. The minimum Gasteiger partial charge on any atom is -0.433 e. The Balaban J connectivity index is 2.94. The first-order chi connectivity index (χ1) is 9.99. The van der Waals surface area contributed by atoms with E-state index in [1.165, 1.54) is 17.0 Å². The van der Waals surface area contributed by atoms with Crippen LogP contribution in [0.25, 0.3) is 0 Å². The minimum atomic E-state index is -2.98. The molecule has 116 valence electrons. The molecular formula is C14H18F2N2O3. The summed E-state index contributed by atoms with van der Waals surface area (Å²) in [6, 6.07) is 4.03. The second-order valence-electron chi connectivity index (χ2n) is 4.22. The van der Waals surface area contributed by atoms with Gasteiger partial charge in [-0.25, -0.2) is 4.79 Å². The second kappa shape index (κ2) is 8.21. The van der Waals surface area contributed by atoms with Crippen molar-refractivity contribution in [2.24, 2.45) is 0 Å². The fourth-order valence-electron chi connectivity index (χ4n) is 1.73. The van der Waals surface area contributed by atoms with E-state index in [2.05, 4.69) is 16.6 Å². The molecule has 0 fully saturated rings. The average molecular weight is 300 g/mol. The predicted molar refractivity (Wildman–Crippen MR) is 75.7 cm³/mol. The lowest BCUT2D eigenvalue weighted by Crippen LogP contribution is -2.37. The molecule has 0 aromatic heterocycles. The van der Waals surface area contributed by atoms with Gasteiger partial charge in [0.05, 0.1) is 12.3 Å². The molecule has 21 heavy (non-hydrogen) atoms. The van der Waals surface area contributed by atoms with Crippen LogP contribution in [0.5, 0.6) is 5.75 Å². The lowest BCUT2D eigenvalue weighted by atomic mass is 10.2. The molecule has 0 saturated carbocycles. The van der Waals surface area contributed by atoms with Crippen LogP contribution in [-0.4, -0.2) is 42.3 Å². The van der Waals surface area contributed by atoms with Crippen LogP contribution in [0.1, 0.15) is 5.56 Å². The molecule has 0 atom stereocenters. The van der Waals surface area contributed by atoms with E-state index in [0.29, 0.717) is 5.56 Å². The first kappa shape index (κ1) is 16.9. The third kappa shape index (κ3) is 5.03. The summed E-state index contributed by atoms with van der Waals surface area (Å²) in [7, 11) is 0. The van der Waals surface area contributed by atoms with E-state index in [1.54, 1.807) is 19.1 Å². The predicted octanol–water partition coefficient (Wildman–Crippen LogP) is 2.61. The number of nitrogens with one attached hydrogen (secondary N) is 1. The molecule has 2 N–H and O–H groups in total. The Hall–Kier alpha value is -2.15. The Labute approximate surface area is 121 Å². The van der Waals surface area contributed by atoms with Gasteiger partial charge in [-0.2, -0.15) is 8.78 Å². The minimum absolute atomic E-state index is 0.106. The molecule has 0 aliphatic rings. The summed E-state index contributed by atoms with van der Waals surface area (Å²) < 4.78 is 29.1. The van der Waals surface area contributed by atoms with Crippen molar-refractivity contribution in [2.45, 2.75) is 13.5 Å². The van der Waals surface area contributed by atoms with Crippen LogP contribution in [0.3, 0.4) is 0 Å². The van der Waals surface area contributed by atoms with Crippen LogP contribution >= 0.6 is 0 Å². The zero-order chi connectivity index (χ0) is 15.8. The molecule has 7 heteroatoms. The van der Waals surface area contributed by atoms with Crippen LogP contribution in [0.4, 0.5) is 19.3 Å². The molecule has 0 heterocycles. The number of rotatable bonds is 7. The molecule has 5 nitrogen and oxygen atoms in total. The highest BCUT2D eigenvalue weighted by Gasteiger charge is 2.17. The molecule has 0 bridgehead atoms. The van der Waals surface area contributed by atoms with Crippen LogP contribution in [-0.2, 0) is 0 Å². The Morgan fingerprint density at radius 1 is 1.57 bits per heavy atom. The summed E-state index contributed by atoms with van der Waals surface area (Å²) in [6.45, 7) is 2.32. The number of anilines is 1. The molecule has 0 spiro atoms. The van der Waals surface area contributed by atoms with Crippen molar-refractivity contribution < 1.29 is 23.4 Å². The largest absolute Gasteiger partial charge is 0.433 e. The van der Waals surface area contributed by atoms with Gasteiger partial charge in [-0.15, -0.1) is 6.58 Å². The number of carbonyl (C=O) groups excluding carboxylic acids is 1. The third-order valence-corrected chi connectivity index (χ3v) is 2.69. The van der Waals surface area contributed by atoms with Crippen molar-refractivity contribution in [3.63, 3.8) is 0 Å². The summed E-state index contributed by atoms with van der Waals surface area (Å²) >= 11 is 0. The fourth-order valence-corrected chi connectivity index (χ4v) is 1.73. The molecular weight excluding hydrogens is 282 g/mol. The number of aliphatic hydroxyl groups excluding tert-OH is 1. The number of aliphatic hydroxyl groups is 1. The van der Waals surface area contributed by atoms with Crippen molar-refractivity contribution in [1.82, 2.24) is 4.90 Å². The van der Waals surface area contributed by atoms with Crippen LogP contribution < -0.4 is 10.1 Å². The summed E-state index contributed by atoms with van der Waals surface area (Å²) in [5.74, 6) is -0.110. The van der Waals surface area contributed by atoms with Crippen molar-refractivity contribution in [2.75, 3.05) is 25.0 Å². The van der Waals surface area contributed by atoms with Crippen LogP contribution in [0, 0.1) is 6.92 Å². The molecule has 0 aliphatic carbocycles. The number of alkyl halides is 2. The Morgan fingerprint density at radius 2 is 2.29 bits per heavy atom. The van der Waals surface area contributed by atoms with Crippen molar-refractivity contribution in [1.29, 1.82) is 0 Å². The number of benzene rings is 1. The Kier molecular flexibility index (Phi) is 6.61. The van der Waals surface area contributed by atoms with Gasteiger partial charge in [0, 0.05) is 13.1 Å². The number of hydrogen-bond acceptors (Lipinski definition) is 3. The van der Waals surface area contributed by atoms with Gasteiger partial charge >= 0.3 is 12.6 Å². The number of carbonyl (C=O) groups is 1. The molecule has 2 amide bonds. The zero-order valence-corrected chi connectivity index (χ0v) is 11.7. The highest BCUT2D eigenvalue weighted by atomic mass is 19.3. The first-order valence-corrected chi connectivity index (χ1v) is 6.31. The Bertz CT molecular complexity index is 495. The van der Waals surface area contributed by atoms with Crippen molar-refractivity contribution in [3.8, 4) is 5.75 Å². The molecule has 0 radical (unpaired) electrons. The molecule has 0 saturated heterocycles. The van der Waals surface area contributed by atoms with Crippen molar-refractivity contribution in [3.05, 3.63) is 36.4 Å². The van der Waals surface area contributed by atoms with Crippen LogP contribution in [0.15, 0.2) is 30.9 Å². The van der Waals surface area contributed by atoms with Gasteiger partial charge in [-0.1, -0.05) is 18.2 Å². The van der Waals surface area contributed by atoms with Crippen molar-refractivity contribution >= 4 is 11.7 Å². The number of halogens is 2. The SMILES string of the molecule is C=CCN(CCO)C(=O)Nc1c(C)cccc1OC(F)F. The second-order valence-corrected chi connectivity index (χ2v) is 4.22. The van der Waals surface area contributed by atoms with Gasteiger partial charge < -0.3 is 20.1 Å². The van der Waals surface area contributed by atoms with E-state index >= 15 is 0 Å². The van der Waals surface area contributed by atoms with Gasteiger partial charge in [0.2, 0.25) is 0 Å². The average Bonchev–Trinajstić information content (AvgIpc) is 2.41. The molecule has 1 rings (SSSR count). The molecule has 0 aliphatic heterocycles. The molecule has 1 aromatic carbocycles. The number of para-hydroxylation sites is 1. The van der Waals surface area contributed by atoms with E-state index in [0.717, 1.165) is 0 Å². The highest BCUT2D eigenvalue weighted by molar-refractivity contribution is 5.92. The zero-order valence-electron chi connectivity index (χ0n) is 11.7. The number of ether oxygens (including phenoxy) is 1. The van der Waals surface area contributed by atoms with E-state index in [9.17, 15) is 13.6 Å². The van der Waals surface area contributed by atoms with E-state index in [1.807, 2.05) is 0 Å². The highest BCUT2D eigenvalue weighted by Crippen LogP contribution is 2.29.